The molecular formula is C6H8O3. The van der Waals surface area contributed by atoms with Crippen molar-refractivity contribution in [3.05, 3.63) is 24.7 Å². The Balaban J connectivity index is 3.74. The van der Waals surface area contributed by atoms with Gasteiger partial charge in [-0.15, -0.1) is 0 Å². The van der Waals surface area contributed by atoms with Gasteiger partial charge >= 0.3 is 5.97 Å². The topological polar surface area (TPSA) is 46.5 Å². The Hall–Kier alpha value is -1.25. The Morgan fingerprint density at radius 1 is 1.78 bits per heavy atom. The average molecular weight is 128 g/mol. The molecular weight excluding hydrogens is 120 g/mol. The molecule has 3 heteroatoms. The second kappa shape index (κ2) is 3.72. The van der Waals surface area contributed by atoms with Crippen LogP contribution in [0.4, 0.5) is 0 Å². The van der Waals surface area contributed by atoms with Crippen LogP contribution in [0.5, 0.6) is 0 Å². The maximum absolute atomic E-state index is 10.2. The van der Waals surface area contributed by atoms with Crippen LogP contribution in [-0.4, -0.2) is 11.1 Å². The lowest BCUT2D eigenvalue weighted by atomic mass is 10.6. The Labute approximate surface area is 53.3 Å². The van der Waals surface area contributed by atoms with Gasteiger partial charge in [0.2, 0.25) is 0 Å². The lowest BCUT2D eigenvalue weighted by molar-refractivity contribution is -0.137. The predicted molar refractivity (Wildman–Crippen MR) is 32.7 cm³/mol. The molecule has 0 aliphatic carbocycles. The number of aliphatic hydroxyl groups is 1. The van der Waals surface area contributed by atoms with E-state index in [9.17, 15) is 4.79 Å². The van der Waals surface area contributed by atoms with Crippen LogP contribution in [0.2, 0.25) is 0 Å². The fraction of sp³-hybridized carbons (Fsp3) is 0.167. The number of allylic oxidation sites excluding steroid dienone is 1. The number of ether oxygens (including phenoxy) is 1. The van der Waals surface area contributed by atoms with Crippen LogP contribution in [-0.2, 0) is 9.53 Å². The Kier molecular flexibility index (Phi) is 3.20. The van der Waals surface area contributed by atoms with Crippen LogP contribution in [0.15, 0.2) is 24.7 Å². The Bertz CT molecular complexity index is 146. The average Bonchev–Trinajstić information content (AvgIpc) is 1.87. The fourth-order valence-electron chi connectivity index (χ4n) is 0.204. The first kappa shape index (κ1) is 7.75. The van der Waals surface area contributed by atoms with Gasteiger partial charge in [-0.25, -0.2) is 4.79 Å². The van der Waals surface area contributed by atoms with E-state index in [4.69, 9.17) is 5.11 Å². The van der Waals surface area contributed by atoms with E-state index in [0.717, 1.165) is 6.08 Å². The number of hydrogen-bond donors (Lipinski definition) is 1. The summed E-state index contributed by atoms with van der Waals surface area (Å²) in [4.78, 5) is 10.2. The molecule has 0 rings (SSSR count). The van der Waals surface area contributed by atoms with Crippen molar-refractivity contribution in [1.29, 1.82) is 0 Å². The minimum atomic E-state index is -0.661. The summed E-state index contributed by atoms with van der Waals surface area (Å²) >= 11 is 0. The molecule has 0 aliphatic heterocycles. The third-order valence-electron chi connectivity index (χ3n) is 0.619. The molecule has 1 N–H and O–H groups in total. The number of hydrogen-bond acceptors (Lipinski definition) is 3. The van der Waals surface area contributed by atoms with E-state index < -0.39 is 11.9 Å². The zero-order valence-corrected chi connectivity index (χ0v) is 5.13. The first-order chi connectivity index (χ1) is 4.20. The third-order valence-corrected chi connectivity index (χ3v) is 0.619. The summed E-state index contributed by atoms with van der Waals surface area (Å²) in [5, 5.41) is 8.53. The Morgan fingerprint density at radius 3 is 2.67 bits per heavy atom. The van der Waals surface area contributed by atoms with Gasteiger partial charge in [-0.3, -0.25) is 0 Å². The Morgan fingerprint density at radius 2 is 2.33 bits per heavy atom. The highest BCUT2D eigenvalue weighted by Gasteiger charge is 1.96. The van der Waals surface area contributed by atoms with Gasteiger partial charge in [0.15, 0.2) is 0 Å². The zero-order chi connectivity index (χ0) is 7.28. The first-order valence-electron chi connectivity index (χ1n) is 2.40. The number of aliphatic hydroxyl groups excluding tert-OH is 1. The lowest BCUT2D eigenvalue weighted by Crippen LogP contribution is -1.98. The molecule has 0 fully saturated rings. The maximum atomic E-state index is 10.2. The monoisotopic (exact) mass is 128 g/mol. The minimum absolute atomic E-state index is 0.403. The van der Waals surface area contributed by atoms with Crippen LogP contribution >= 0.6 is 0 Å². The lowest BCUT2D eigenvalue weighted by Gasteiger charge is -1.94. The molecule has 0 aromatic rings. The molecule has 0 unspecified atom stereocenters. The van der Waals surface area contributed by atoms with Crippen molar-refractivity contribution >= 4 is 5.97 Å². The van der Waals surface area contributed by atoms with Crippen molar-refractivity contribution in [3.8, 4) is 0 Å². The molecule has 0 saturated carbocycles. The summed E-state index contributed by atoms with van der Waals surface area (Å²) in [5.41, 5.74) is 0. The van der Waals surface area contributed by atoms with E-state index in [1.807, 2.05) is 0 Å². The van der Waals surface area contributed by atoms with Crippen molar-refractivity contribution in [2.75, 3.05) is 0 Å². The molecule has 0 saturated heterocycles. The number of rotatable bonds is 2. The van der Waals surface area contributed by atoms with Crippen LogP contribution in [0, 0.1) is 0 Å². The SMILES string of the molecule is C=CC(=O)O/C(O)=C/C. The van der Waals surface area contributed by atoms with E-state index in [0.29, 0.717) is 0 Å². The number of carbonyl (C=O) groups excluding carboxylic acids is 1. The molecule has 9 heavy (non-hydrogen) atoms. The van der Waals surface area contributed by atoms with Gasteiger partial charge in [0.05, 0.1) is 0 Å². The van der Waals surface area contributed by atoms with Crippen molar-refractivity contribution in [2.45, 2.75) is 6.92 Å². The molecule has 0 bridgehead atoms. The normalized spacial score (nSPS) is 10.6. The maximum Gasteiger partial charge on any atom is 0.337 e. The highest BCUT2D eigenvalue weighted by Crippen LogP contribution is 1.90. The summed E-state index contributed by atoms with van der Waals surface area (Å²) in [6.45, 7) is 4.68. The van der Waals surface area contributed by atoms with Gasteiger partial charge in [0, 0.05) is 6.08 Å². The van der Waals surface area contributed by atoms with Gasteiger partial charge in [-0.2, -0.15) is 0 Å². The largest absolute Gasteiger partial charge is 0.481 e. The number of carbonyl (C=O) groups is 1. The molecule has 0 atom stereocenters. The molecule has 0 aromatic carbocycles. The summed E-state index contributed by atoms with van der Waals surface area (Å²) in [5.74, 6) is -1.06. The van der Waals surface area contributed by atoms with Crippen molar-refractivity contribution in [1.82, 2.24) is 0 Å². The summed E-state index contributed by atoms with van der Waals surface area (Å²) in [6, 6.07) is 0. The highest BCUT2D eigenvalue weighted by molar-refractivity contribution is 5.81. The minimum Gasteiger partial charge on any atom is -0.481 e. The highest BCUT2D eigenvalue weighted by atomic mass is 16.6. The van der Waals surface area contributed by atoms with E-state index in [2.05, 4.69) is 11.3 Å². The zero-order valence-electron chi connectivity index (χ0n) is 5.13. The van der Waals surface area contributed by atoms with Gasteiger partial charge in [-0.1, -0.05) is 6.58 Å². The predicted octanol–water partition coefficient (Wildman–Crippen LogP) is 1.13. The smallest absolute Gasteiger partial charge is 0.337 e. The van der Waals surface area contributed by atoms with Crippen LogP contribution in [0.25, 0.3) is 0 Å². The quantitative estimate of drug-likeness (QED) is 0.344. The molecule has 0 heterocycles. The van der Waals surface area contributed by atoms with Crippen LogP contribution in [0.1, 0.15) is 6.92 Å². The molecule has 0 amide bonds. The van der Waals surface area contributed by atoms with Crippen molar-refractivity contribution < 1.29 is 14.6 Å². The fourth-order valence-corrected chi connectivity index (χ4v) is 0.204. The number of esters is 1. The van der Waals surface area contributed by atoms with Gasteiger partial charge in [0.25, 0.3) is 5.95 Å². The summed E-state index contributed by atoms with van der Waals surface area (Å²) < 4.78 is 4.21. The molecule has 0 radical (unpaired) electrons. The molecule has 0 aromatic heterocycles. The first-order valence-corrected chi connectivity index (χ1v) is 2.40. The second-order valence-electron chi connectivity index (χ2n) is 1.25. The molecule has 3 nitrogen and oxygen atoms in total. The van der Waals surface area contributed by atoms with Gasteiger partial charge < -0.3 is 9.84 Å². The van der Waals surface area contributed by atoms with Gasteiger partial charge in [0.1, 0.15) is 0 Å². The van der Waals surface area contributed by atoms with Gasteiger partial charge in [-0.05, 0) is 13.0 Å². The molecule has 0 spiro atoms. The standard InChI is InChI=1S/C6H8O3/c1-3-5(7)9-6(8)4-2/h3-4,8H,1H2,2H3/b6-4+. The summed E-state index contributed by atoms with van der Waals surface area (Å²) in [6.07, 6.45) is 2.24. The van der Waals surface area contributed by atoms with E-state index in [1.165, 1.54) is 6.08 Å². The van der Waals surface area contributed by atoms with Crippen LogP contribution < -0.4 is 0 Å². The van der Waals surface area contributed by atoms with Crippen molar-refractivity contribution in [2.24, 2.45) is 0 Å². The third kappa shape index (κ3) is 3.34. The van der Waals surface area contributed by atoms with E-state index >= 15 is 0 Å². The van der Waals surface area contributed by atoms with Crippen LogP contribution in [0.3, 0.4) is 0 Å². The second-order valence-corrected chi connectivity index (χ2v) is 1.25. The molecule has 0 aliphatic rings. The summed E-state index contributed by atoms with van der Waals surface area (Å²) in [7, 11) is 0. The van der Waals surface area contributed by atoms with Crippen molar-refractivity contribution in [3.63, 3.8) is 0 Å². The van der Waals surface area contributed by atoms with E-state index in [-0.39, 0.29) is 0 Å². The van der Waals surface area contributed by atoms with E-state index in [1.54, 1.807) is 6.92 Å². The molecule has 50 valence electrons.